The Balaban J connectivity index is 2.83. The quantitative estimate of drug-likeness (QED) is 0.734. The van der Waals surface area contributed by atoms with Gasteiger partial charge in [-0.25, -0.2) is 4.79 Å². The van der Waals surface area contributed by atoms with Crippen molar-refractivity contribution in [3.05, 3.63) is 26.1 Å². The number of nitrogens with zero attached hydrogens (tertiary/aromatic N) is 2. The van der Waals surface area contributed by atoms with Crippen molar-refractivity contribution in [3.63, 3.8) is 0 Å². The first-order chi connectivity index (χ1) is 7.13. The van der Waals surface area contributed by atoms with Gasteiger partial charge in [0.05, 0.1) is 0 Å². The summed E-state index contributed by atoms with van der Waals surface area (Å²) >= 11 is 5.60. The number of rotatable bonds is 2. The largest absolute Gasteiger partial charge is 0.330 e. The van der Waals surface area contributed by atoms with Gasteiger partial charge in [-0.05, 0) is 18.0 Å². The van der Waals surface area contributed by atoms with Crippen LogP contribution in [0.25, 0.3) is 11.2 Å². The Bertz CT molecular complexity index is 609. The van der Waals surface area contributed by atoms with Crippen molar-refractivity contribution in [1.82, 2.24) is 19.5 Å². The van der Waals surface area contributed by atoms with E-state index in [0.29, 0.717) is 13.0 Å². The van der Waals surface area contributed by atoms with Crippen LogP contribution in [0.2, 0.25) is 5.28 Å². The molecule has 0 saturated heterocycles. The zero-order chi connectivity index (χ0) is 11.0. The second-order valence-corrected chi connectivity index (χ2v) is 3.50. The van der Waals surface area contributed by atoms with Crippen LogP contribution in [-0.4, -0.2) is 19.5 Å². The summed E-state index contributed by atoms with van der Waals surface area (Å²) in [4.78, 5) is 32.1. The topological polar surface area (TPSA) is 83.5 Å². The minimum Gasteiger partial charge on any atom is -0.323 e. The Morgan fingerprint density at radius 1 is 1.40 bits per heavy atom. The molecule has 0 radical (unpaired) electrons. The predicted octanol–water partition coefficient (Wildman–Crippen LogP) is 0.476. The van der Waals surface area contributed by atoms with Crippen LogP contribution in [0.4, 0.5) is 0 Å². The van der Waals surface area contributed by atoms with Crippen molar-refractivity contribution >= 4 is 22.8 Å². The van der Waals surface area contributed by atoms with Crippen LogP contribution in [0.5, 0.6) is 0 Å². The van der Waals surface area contributed by atoms with Gasteiger partial charge in [0, 0.05) is 6.54 Å². The molecule has 0 aliphatic heterocycles. The molecule has 2 N–H and O–H groups in total. The van der Waals surface area contributed by atoms with Crippen molar-refractivity contribution in [2.45, 2.75) is 19.9 Å². The number of fused-ring (bicyclic) bond motifs is 1. The molecule has 2 heterocycles. The monoisotopic (exact) mass is 228 g/mol. The zero-order valence-corrected chi connectivity index (χ0v) is 8.76. The fourth-order valence-electron chi connectivity index (χ4n) is 1.41. The molecule has 80 valence electrons. The Morgan fingerprint density at radius 3 is 2.80 bits per heavy atom. The number of hydrogen-bond donors (Lipinski definition) is 2. The summed E-state index contributed by atoms with van der Waals surface area (Å²) in [6, 6.07) is 0. The average Bonchev–Trinajstić information content (AvgIpc) is 2.53. The number of imidazole rings is 1. The molecule has 0 atom stereocenters. The fraction of sp³-hybridized carbons (Fsp3) is 0.375. The molecule has 0 saturated carbocycles. The normalized spacial score (nSPS) is 11.1. The highest BCUT2D eigenvalue weighted by atomic mass is 35.5. The SMILES string of the molecule is CCCn1c(=O)[nH]c2nc(Cl)[nH]c2c1=O. The second-order valence-electron chi connectivity index (χ2n) is 3.14. The van der Waals surface area contributed by atoms with Crippen molar-refractivity contribution in [2.24, 2.45) is 0 Å². The molecule has 0 amide bonds. The first-order valence-electron chi connectivity index (χ1n) is 4.51. The summed E-state index contributed by atoms with van der Waals surface area (Å²) in [5.74, 6) is 0. The molecule has 0 aromatic carbocycles. The summed E-state index contributed by atoms with van der Waals surface area (Å²) in [5.41, 5.74) is -0.428. The van der Waals surface area contributed by atoms with Gasteiger partial charge in [0.25, 0.3) is 5.56 Å². The lowest BCUT2D eigenvalue weighted by atomic mass is 10.4. The van der Waals surface area contributed by atoms with Gasteiger partial charge in [-0.1, -0.05) is 6.92 Å². The molecule has 0 aliphatic rings. The van der Waals surface area contributed by atoms with E-state index in [4.69, 9.17) is 11.6 Å². The van der Waals surface area contributed by atoms with E-state index in [-0.39, 0.29) is 16.4 Å². The molecule has 0 fully saturated rings. The van der Waals surface area contributed by atoms with Gasteiger partial charge in [-0.2, -0.15) is 4.98 Å². The van der Waals surface area contributed by atoms with Crippen LogP contribution in [-0.2, 0) is 6.54 Å². The fourth-order valence-corrected chi connectivity index (χ4v) is 1.59. The van der Waals surface area contributed by atoms with Crippen LogP contribution in [0.3, 0.4) is 0 Å². The van der Waals surface area contributed by atoms with E-state index >= 15 is 0 Å². The zero-order valence-electron chi connectivity index (χ0n) is 8.00. The number of nitrogens with one attached hydrogen (secondary N) is 2. The van der Waals surface area contributed by atoms with E-state index in [0.717, 1.165) is 4.57 Å². The van der Waals surface area contributed by atoms with Gasteiger partial charge >= 0.3 is 5.69 Å². The van der Waals surface area contributed by atoms with Gasteiger partial charge in [-0.15, -0.1) is 0 Å². The molecule has 0 bridgehead atoms. The molecule has 0 spiro atoms. The highest BCUT2D eigenvalue weighted by Gasteiger charge is 2.10. The standard InChI is InChI=1S/C8H9ClN4O2/c1-2-3-13-6(14)4-5(12-8(13)15)11-7(9)10-4/h2-3H2,1H3,(H,10,11)(H,12,15). The summed E-state index contributed by atoms with van der Waals surface area (Å²) in [6.07, 6.45) is 0.705. The van der Waals surface area contributed by atoms with Crippen molar-refractivity contribution in [3.8, 4) is 0 Å². The van der Waals surface area contributed by atoms with E-state index in [1.807, 2.05) is 6.92 Å². The third-order valence-electron chi connectivity index (χ3n) is 2.05. The van der Waals surface area contributed by atoms with Crippen LogP contribution in [0.1, 0.15) is 13.3 Å². The van der Waals surface area contributed by atoms with Gasteiger partial charge in [0.2, 0.25) is 5.28 Å². The first-order valence-corrected chi connectivity index (χ1v) is 4.89. The summed E-state index contributed by atoms with van der Waals surface area (Å²) in [7, 11) is 0. The Labute approximate surface area is 88.9 Å². The molecular formula is C8H9ClN4O2. The Morgan fingerprint density at radius 2 is 2.13 bits per heavy atom. The average molecular weight is 229 g/mol. The number of aromatic nitrogens is 4. The molecule has 15 heavy (non-hydrogen) atoms. The van der Waals surface area contributed by atoms with E-state index in [9.17, 15) is 9.59 Å². The highest BCUT2D eigenvalue weighted by molar-refractivity contribution is 6.28. The van der Waals surface area contributed by atoms with Gasteiger partial charge < -0.3 is 4.98 Å². The minimum absolute atomic E-state index is 0.0898. The maximum Gasteiger partial charge on any atom is 0.330 e. The lowest BCUT2D eigenvalue weighted by molar-refractivity contribution is 0.622. The van der Waals surface area contributed by atoms with Crippen LogP contribution >= 0.6 is 11.6 Å². The number of H-pyrrole nitrogens is 2. The first kappa shape index (κ1) is 9.97. The molecule has 0 unspecified atom stereocenters. The molecule has 2 rings (SSSR count). The van der Waals surface area contributed by atoms with Crippen molar-refractivity contribution < 1.29 is 0 Å². The molecular weight excluding hydrogens is 220 g/mol. The van der Waals surface area contributed by atoms with Crippen LogP contribution in [0.15, 0.2) is 9.59 Å². The van der Waals surface area contributed by atoms with E-state index < -0.39 is 11.2 Å². The molecule has 0 aliphatic carbocycles. The van der Waals surface area contributed by atoms with E-state index in [2.05, 4.69) is 15.0 Å². The molecule has 6 nitrogen and oxygen atoms in total. The third-order valence-corrected chi connectivity index (χ3v) is 2.23. The Hall–Kier alpha value is -1.56. The lowest BCUT2D eigenvalue weighted by Crippen LogP contribution is -2.34. The lowest BCUT2D eigenvalue weighted by Gasteiger charge is -2.00. The molecule has 2 aromatic rings. The van der Waals surface area contributed by atoms with Gasteiger partial charge in [0.15, 0.2) is 11.2 Å². The third kappa shape index (κ3) is 1.56. The van der Waals surface area contributed by atoms with Crippen LogP contribution in [0, 0.1) is 0 Å². The maximum atomic E-state index is 11.8. The van der Waals surface area contributed by atoms with Gasteiger partial charge in [0.1, 0.15) is 0 Å². The smallest absolute Gasteiger partial charge is 0.323 e. The Kier molecular flexibility index (Phi) is 2.36. The molecule has 7 heteroatoms. The van der Waals surface area contributed by atoms with E-state index in [1.54, 1.807) is 0 Å². The predicted molar refractivity (Wildman–Crippen MR) is 56.3 cm³/mol. The number of hydrogen-bond acceptors (Lipinski definition) is 3. The van der Waals surface area contributed by atoms with E-state index in [1.165, 1.54) is 0 Å². The van der Waals surface area contributed by atoms with Crippen molar-refractivity contribution in [2.75, 3.05) is 0 Å². The van der Waals surface area contributed by atoms with Crippen molar-refractivity contribution in [1.29, 1.82) is 0 Å². The summed E-state index contributed by atoms with van der Waals surface area (Å²) < 4.78 is 1.12. The number of halogens is 1. The summed E-state index contributed by atoms with van der Waals surface area (Å²) in [6.45, 7) is 2.26. The van der Waals surface area contributed by atoms with Gasteiger partial charge in [-0.3, -0.25) is 14.3 Å². The maximum absolute atomic E-state index is 11.8. The number of aromatic amines is 2. The highest BCUT2D eigenvalue weighted by Crippen LogP contribution is 2.06. The second kappa shape index (κ2) is 3.54. The van der Waals surface area contributed by atoms with Crippen LogP contribution < -0.4 is 11.2 Å². The minimum atomic E-state index is -0.461. The molecule has 2 aromatic heterocycles. The summed E-state index contributed by atoms with van der Waals surface area (Å²) in [5, 5.41) is 0.0898.